The molecule has 0 radical (unpaired) electrons. The second kappa shape index (κ2) is 6.33. The summed E-state index contributed by atoms with van der Waals surface area (Å²) in [5.74, 6) is 0.291. The van der Waals surface area contributed by atoms with E-state index in [1.165, 1.54) is 13.2 Å². The van der Waals surface area contributed by atoms with E-state index in [1.54, 1.807) is 16.8 Å². The van der Waals surface area contributed by atoms with Gasteiger partial charge in [-0.25, -0.2) is 4.39 Å². The zero-order valence-corrected chi connectivity index (χ0v) is 11.2. The van der Waals surface area contributed by atoms with Gasteiger partial charge in [0.1, 0.15) is 11.6 Å². The number of aromatic nitrogens is 2. The molecular weight excluding hydrogens is 245 g/mol. The summed E-state index contributed by atoms with van der Waals surface area (Å²) in [5, 5.41) is 7.49. The van der Waals surface area contributed by atoms with Crippen LogP contribution in [0, 0.1) is 5.82 Å². The van der Waals surface area contributed by atoms with Gasteiger partial charge in [-0.15, -0.1) is 0 Å². The van der Waals surface area contributed by atoms with Crippen molar-refractivity contribution in [3.63, 3.8) is 0 Å². The summed E-state index contributed by atoms with van der Waals surface area (Å²) < 4.78 is 20.4. The Hall–Kier alpha value is -1.88. The molecule has 0 fully saturated rings. The lowest BCUT2D eigenvalue weighted by atomic mass is 10.2. The highest BCUT2D eigenvalue weighted by atomic mass is 19.1. The van der Waals surface area contributed by atoms with E-state index in [0.717, 1.165) is 18.7 Å². The van der Waals surface area contributed by atoms with Crippen molar-refractivity contribution < 1.29 is 9.13 Å². The quantitative estimate of drug-likeness (QED) is 0.809. The van der Waals surface area contributed by atoms with E-state index in [0.29, 0.717) is 17.9 Å². The molecule has 1 heterocycles. The number of hydrogen-bond acceptors (Lipinski definition) is 3. The van der Waals surface area contributed by atoms with Crippen molar-refractivity contribution in [2.75, 3.05) is 13.7 Å². The van der Waals surface area contributed by atoms with Crippen molar-refractivity contribution in [2.24, 2.45) is 7.05 Å². The summed E-state index contributed by atoms with van der Waals surface area (Å²) in [6.07, 6.45) is 2.75. The van der Waals surface area contributed by atoms with Gasteiger partial charge >= 0.3 is 0 Å². The van der Waals surface area contributed by atoms with Crippen LogP contribution in [0.1, 0.15) is 11.3 Å². The zero-order valence-electron chi connectivity index (χ0n) is 11.2. The maximum Gasteiger partial charge on any atom is 0.131 e. The average molecular weight is 263 g/mol. The molecule has 0 aliphatic heterocycles. The Balaban J connectivity index is 1.79. The number of nitrogens with zero attached hydrogens (tertiary/aromatic N) is 2. The van der Waals surface area contributed by atoms with Gasteiger partial charge in [-0.05, 0) is 12.1 Å². The summed E-state index contributed by atoms with van der Waals surface area (Å²) in [6.45, 7) is 1.27. The van der Waals surface area contributed by atoms with E-state index in [2.05, 4.69) is 10.4 Å². The molecule has 0 saturated heterocycles. The largest absolute Gasteiger partial charge is 0.497 e. The number of rotatable bonds is 6. The second-order valence-electron chi connectivity index (χ2n) is 4.36. The molecule has 5 heteroatoms. The normalized spacial score (nSPS) is 10.7. The number of aryl methyl sites for hydroxylation is 1. The highest BCUT2D eigenvalue weighted by Crippen LogP contribution is 2.15. The van der Waals surface area contributed by atoms with Crippen LogP contribution in [0.4, 0.5) is 4.39 Å². The molecule has 0 unspecified atom stereocenters. The van der Waals surface area contributed by atoms with Crippen molar-refractivity contribution in [2.45, 2.75) is 13.0 Å². The first-order chi connectivity index (χ1) is 9.19. The van der Waals surface area contributed by atoms with Gasteiger partial charge in [-0.1, -0.05) is 6.07 Å². The van der Waals surface area contributed by atoms with Gasteiger partial charge in [-0.2, -0.15) is 5.10 Å². The van der Waals surface area contributed by atoms with Crippen LogP contribution in [-0.2, 0) is 20.0 Å². The van der Waals surface area contributed by atoms with Gasteiger partial charge in [0.05, 0.1) is 12.8 Å². The van der Waals surface area contributed by atoms with Gasteiger partial charge in [0.15, 0.2) is 0 Å². The molecule has 2 rings (SSSR count). The van der Waals surface area contributed by atoms with Crippen LogP contribution < -0.4 is 10.1 Å². The second-order valence-corrected chi connectivity index (χ2v) is 4.36. The SMILES string of the molecule is COc1ccc(CNCCc2ccn(C)n2)c(F)c1. The van der Waals surface area contributed by atoms with Gasteiger partial charge in [0.25, 0.3) is 0 Å². The Morgan fingerprint density at radius 3 is 2.84 bits per heavy atom. The fraction of sp³-hybridized carbons (Fsp3) is 0.357. The Kier molecular flexibility index (Phi) is 4.52. The number of ether oxygens (including phenoxy) is 1. The van der Waals surface area contributed by atoms with Crippen molar-refractivity contribution in [1.82, 2.24) is 15.1 Å². The third-order valence-corrected chi connectivity index (χ3v) is 2.90. The van der Waals surface area contributed by atoms with Crippen molar-refractivity contribution in [1.29, 1.82) is 0 Å². The summed E-state index contributed by atoms with van der Waals surface area (Å²) in [7, 11) is 3.42. The van der Waals surface area contributed by atoms with Crippen LogP contribution in [-0.4, -0.2) is 23.4 Å². The van der Waals surface area contributed by atoms with Crippen molar-refractivity contribution in [3.05, 3.63) is 47.5 Å². The third-order valence-electron chi connectivity index (χ3n) is 2.90. The molecule has 19 heavy (non-hydrogen) atoms. The van der Waals surface area contributed by atoms with Crippen LogP contribution in [0.3, 0.4) is 0 Å². The van der Waals surface area contributed by atoms with Crippen molar-refractivity contribution >= 4 is 0 Å². The smallest absolute Gasteiger partial charge is 0.131 e. The predicted molar refractivity (Wildman–Crippen MR) is 71.6 cm³/mol. The summed E-state index contributed by atoms with van der Waals surface area (Å²) in [4.78, 5) is 0. The van der Waals surface area contributed by atoms with Crippen LogP contribution in [0.15, 0.2) is 30.5 Å². The highest BCUT2D eigenvalue weighted by molar-refractivity contribution is 5.28. The summed E-state index contributed by atoms with van der Waals surface area (Å²) in [6, 6.07) is 6.88. The van der Waals surface area contributed by atoms with Crippen molar-refractivity contribution in [3.8, 4) is 5.75 Å². The van der Waals surface area contributed by atoms with E-state index < -0.39 is 0 Å². The Bertz CT molecular complexity index is 539. The minimum absolute atomic E-state index is 0.246. The van der Waals surface area contributed by atoms with Crippen LogP contribution in [0.2, 0.25) is 0 Å². The molecule has 0 amide bonds. The first-order valence-electron chi connectivity index (χ1n) is 6.20. The van der Waals surface area contributed by atoms with Crippen LogP contribution >= 0.6 is 0 Å². The Morgan fingerprint density at radius 2 is 2.21 bits per heavy atom. The molecule has 0 bridgehead atoms. The molecule has 0 aliphatic rings. The molecule has 1 aromatic heterocycles. The minimum atomic E-state index is -0.246. The number of methoxy groups -OCH3 is 1. The van der Waals surface area contributed by atoms with Gasteiger partial charge < -0.3 is 10.1 Å². The first-order valence-corrected chi connectivity index (χ1v) is 6.20. The van der Waals surface area contributed by atoms with Gasteiger partial charge in [-0.3, -0.25) is 4.68 Å². The van der Waals surface area contributed by atoms with E-state index in [-0.39, 0.29) is 5.82 Å². The number of nitrogens with one attached hydrogen (secondary N) is 1. The maximum atomic E-state index is 13.7. The topological polar surface area (TPSA) is 39.1 Å². The lowest BCUT2D eigenvalue weighted by Gasteiger charge is -2.07. The predicted octanol–water partition coefficient (Wildman–Crippen LogP) is 1.90. The number of halogens is 1. The summed E-state index contributed by atoms with van der Waals surface area (Å²) in [5.41, 5.74) is 1.67. The fourth-order valence-electron chi connectivity index (χ4n) is 1.83. The average Bonchev–Trinajstić information content (AvgIpc) is 2.82. The van der Waals surface area contributed by atoms with Crippen LogP contribution in [0.25, 0.3) is 0 Å². The van der Waals surface area contributed by atoms with E-state index in [1.807, 2.05) is 19.3 Å². The Morgan fingerprint density at radius 1 is 1.37 bits per heavy atom. The molecule has 0 saturated carbocycles. The Labute approximate surface area is 112 Å². The zero-order chi connectivity index (χ0) is 13.7. The van der Waals surface area contributed by atoms with E-state index in [9.17, 15) is 4.39 Å². The monoisotopic (exact) mass is 263 g/mol. The lowest BCUT2D eigenvalue weighted by Crippen LogP contribution is -2.17. The van der Waals surface area contributed by atoms with Gasteiger partial charge in [0, 0.05) is 44.4 Å². The van der Waals surface area contributed by atoms with Crippen LogP contribution in [0.5, 0.6) is 5.75 Å². The molecule has 4 nitrogen and oxygen atoms in total. The highest BCUT2D eigenvalue weighted by Gasteiger charge is 2.03. The van der Waals surface area contributed by atoms with Gasteiger partial charge in [0.2, 0.25) is 0 Å². The molecular formula is C14H18FN3O. The molecule has 0 aliphatic carbocycles. The molecule has 0 atom stereocenters. The van der Waals surface area contributed by atoms with E-state index in [4.69, 9.17) is 4.74 Å². The number of hydrogen-bond donors (Lipinski definition) is 1. The number of benzene rings is 1. The third kappa shape index (κ3) is 3.79. The standard InChI is InChI=1S/C14H18FN3O/c1-18-8-6-12(17-18)5-7-16-10-11-3-4-13(19-2)9-14(11)15/h3-4,6,8-9,16H,5,7,10H2,1-2H3. The van der Waals surface area contributed by atoms with E-state index >= 15 is 0 Å². The molecule has 2 aromatic rings. The summed E-state index contributed by atoms with van der Waals surface area (Å²) >= 11 is 0. The fourth-order valence-corrected chi connectivity index (χ4v) is 1.83. The lowest BCUT2D eigenvalue weighted by molar-refractivity contribution is 0.410. The molecule has 1 N–H and O–H groups in total. The first kappa shape index (κ1) is 13.5. The maximum absolute atomic E-state index is 13.7. The molecule has 0 spiro atoms. The molecule has 102 valence electrons. The minimum Gasteiger partial charge on any atom is -0.497 e. The molecule has 1 aromatic carbocycles.